The van der Waals surface area contributed by atoms with Crippen molar-refractivity contribution in [1.82, 2.24) is 9.97 Å². The summed E-state index contributed by atoms with van der Waals surface area (Å²) in [5, 5.41) is 4.30. The summed E-state index contributed by atoms with van der Waals surface area (Å²) >= 11 is 0. The molecule has 0 saturated carbocycles. The van der Waals surface area contributed by atoms with Gasteiger partial charge in [0.2, 0.25) is 5.95 Å². The second-order valence-electron chi connectivity index (χ2n) is 4.89. The number of rotatable bonds is 4. The summed E-state index contributed by atoms with van der Waals surface area (Å²) in [5.41, 5.74) is 6.33. The minimum atomic E-state index is -0.224. The number of aromatic nitrogens is 2. The highest BCUT2D eigenvalue weighted by Gasteiger charge is 2.19. The fraction of sp³-hybridized carbons (Fsp3) is 0.385. The Labute approximate surface area is 106 Å². The number of nitrogen functional groups attached to an aromatic ring is 1. The van der Waals surface area contributed by atoms with Gasteiger partial charge in [-0.05, 0) is 26.0 Å². The maximum atomic E-state index is 5.72. The zero-order chi connectivity index (χ0) is 13.2. The van der Waals surface area contributed by atoms with Crippen LogP contribution in [0.15, 0.2) is 24.3 Å². The Hall–Kier alpha value is -1.88. The number of anilines is 2. The number of methoxy groups -OCH3 is 1. The number of nitrogens with two attached hydrogens (primary N) is 1. The first-order valence-corrected chi connectivity index (χ1v) is 5.81. The van der Waals surface area contributed by atoms with Crippen molar-refractivity contribution in [2.75, 3.05) is 24.8 Å². The van der Waals surface area contributed by atoms with Gasteiger partial charge in [-0.25, -0.2) is 4.98 Å². The van der Waals surface area contributed by atoms with Crippen LogP contribution in [0.3, 0.4) is 0 Å². The number of hydrogen-bond donors (Lipinski definition) is 2. The van der Waals surface area contributed by atoms with Crippen LogP contribution in [0.4, 0.5) is 11.8 Å². The van der Waals surface area contributed by atoms with Crippen LogP contribution in [0.5, 0.6) is 0 Å². The predicted octanol–water partition coefficient (Wildman–Crippen LogP) is 2.05. The van der Waals surface area contributed by atoms with Gasteiger partial charge in [0.05, 0.1) is 17.7 Å². The molecule has 0 radical (unpaired) electrons. The number of nitrogens with zero attached hydrogens (tertiary/aromatic N) is 2. The van der Waals surface area contributed by atoms with E-state index in [0.717, 1.165) is 16.7 Å². The van der Waals surface area contributed by atoms with Gasteiger partial charge in [0.15, 0.2) is 0 Å². The first kappa shape index (κ1) is 12.6. The van der Waals surface area contributed by atoms with Gasteiger partial charge < -0.3 is 15.8 Å². The van der Waals surface area contributed by atoms with Crippen molar-refractivity contribution in [2.24, 2.45) is 0 Å². The lowest BCUT2D eigenvalue weighted by atomic mass is 10.1. The molecule has 18 heavy (non-hydrogen) atoms. The minimum Gasteiger partial charge on any atom is -0.382 e. The zero-order valence-electron chi connectivity index (χ0n) is 10.9. The number of benzene rings is 1. The molecule has 0 unspecified atom stereocenters. The molecule has 0 aliphatic rings. The first-order chi connectivity index (χ1) is 8.52. The molecule has 0 atom stereocenters. The summed E-state index contributed by atoms with van der Waals surface area (Å²) in [6, 6.07) is 7.77. The Morgan fingerprint density at radius 1 is 1.28 bits per heavy atom. The van der Waals surface area contributed by atoms with Crippen molar-refractivity contribution in [3.8, 4) is 0 Å². The molecule has 2 rings (SSSR count). The SMILES string of the molecule is COCC(C)(C)Nc1nc(N)nc2ccccc12. The Morgan fingerprint density at radius 2 is 2.00 bits per heavy atom. The third kappa shape index (κ3) is 2.68. The van der Waals surface area contributed by atoms with E-state index >= 15 is 0 Å². The van der Waals surface area contributed by atoms with E-state index < -0.39 is 0 Å². The fourth-order valence-electron chi connectivity index (χ4n) is 1.91. The summed E-state index contributed by atoms with van der Waals surface area (Å²) < 4.78 is 5.18. The summed E-state index contributed by atoms with van der Waals surface area (Å²) in [6.45, 7) is 4.67. The van der Waals surface area contributed by atoms with E-state index in [4.69, 9.17) is 10.5 Å². The number of hydrogen-bond acceptors (Lipinski definition) is 5. The molecule has 0 aliphatic heterocycles. The molecular weight excluding hydrogens is 228 g/mol. The predicted molar refractivity (Wildman–Crippen MR) is 73.5 cm³/mol. The highest BCUT2D eigenvalue weighted by Crippen LogP contribution is 2.23. The number of para-hydroxylation sites is 1. The number of fused-ring (bicyclic) bond motifs is 1. The maximum absolute atomic E-state index is 5.72. The third-order valence-electron chi connectivity index (χ3n) is 2.58. The van der Waals surface area contributed by atoms with E-state index in [9.17, 15) is 0 Å². The maximum Gasteiger partial charge on any atom is 0.222 e. The molecule has 0 bridgehead atoms. The second-order valence-corrected chi connectivity index (χ2v) is 4.89. The van der Waals surface area contributed by atoms with Crippen LogP contribution < -0.4 is 11.1 Å². The van der Waals surface area contributed by atoms with Crippen LogP contribution in [0.2, 0.25) is 0 Å². The Bertz CT molecular complexity index is 554. The highest BCUT2D eigenvalue weighted by atomic mass is 16.5. The van der Waals surface area contributed by atoms with E-state index in [0.29, 0.717) is 6.61 Å². The molecule has 0 aliphatic carbocycles. The summed E-state index contributed by atoms with van der Waals surface area (Å²) in [7, 11) is 1.68. The van der Waals surface area contributed by atoms with Gasteiger partial charge >= 0.3 is 0 Å². The normalized spacial score (nSPS) is 11.7. The van der Waals surface area contributed by atoms with Crippen LogP contribution in [0.25, 0.3) is 10.9 Å². The molecule has 0 fully saturated rings. The molecule has 5 heteroatoms. The average Bonchev–Trinajstić information content (AvgIpc) is 2.28. The molecule has 0 saturated heterocycles. The molecule has 96 valence electrons. The fourth-order valence-corrected chi connectivity index (χ4v) is 1.91. The van der Waals surface area contributed by atoms with Gasteiger partial charge in [0.1, 0.15) is 5.82 Å². The molecule has 0 amide bonds. The van der Waals surface area contributed by atoms with Gasteiger partial charge in [0, 0.05) is 12.5 Å². The molecule has 2 aromatic rings. The molecule has 1 heterocycles. The van der Waals surface area contributed by atoms with Gasteiger partial charge in [-0.2, -0.15) is 4.98 Å². The quantitative estimate of drug-likeness (QED) is 0.863. The standard InChI is InChI=1S/C13H18N4O/c1-13(2,8-18-3)17-11-9-6-4-5-7-10(9)15-12(14)16-11/h4-7H,8H2,1-3H3,(H3,14,15,16,17). The van der Waals surface area contributed by atoms with Crippen molar-refractivity contribution in [3.63, 3.8) is 0 Å². The monoisotopic (exact) mass is 246 g/mol. The van der Waals surface area contributed by atoms with Crippen LogP contribution in [0, 0.1) is 0 Å². The van der Waals surface area contributed by atoms with Crippen LogP contribution >= 0.6 is 0 Å². The Kier molecular flexibility index (Phi) is 3.34. The van der Waals surface area contributed by atoms with Crippen molar-refractivity contribution < 1.29 is 4.74 Å². The van der Waals surface area contributed by atoms with Crippen LogP contribution in [0.1, 0.15) is 13.8 Å². The second kappa shape index (κ2) is 4.78. The van der Waals surface area contributed by atoms with Crippen LogP contribution in [-0.2, 0) is 4.74 Å². The molecule has 1 aromatic heterocycles. The summed E-state index contributed by atoms with van der Waals surface area (Å²) in [5.74, 6) is 1.00. The van der Waals surface area contributed by atoms with E-state index in [2.05, 4.69) is 15.3 Å². The third-order valence-corrected chi connectivity index (χ3v) is 2.58. The molecule has 5 nitrogen and oxygen atoms in total. The van der Waals surface area contributed by atoms with Crippen molar-refractivity contribution >= 4 is 22.7 Å². The van der Waals surface area contributed by atoms with E-state index in [1.807, 2.05) is 38.1 Å². The summed E-state index contributed by atoms with van der Waals surface area (Å²) in [6.07, 6.45) is 0. The minimum absolute atomic E-state index is 0.224. The van der Waals surface area contributed by atoms with E-state index in [-0.39, 0.29) is 11.5 Å². The molecule has 0 spiro atoms. The largest absolute Gasteiger partial charge is 0.382 e. The Morgan fingerprint density at radius 3 is 2.72 bits per heavy atom. The van der Waals surface area contributed by atoms with Crippen LogP contribution in [-0.4, -0.2) is 29.2 Å². The number of nitrogens with one attached hydrogen (secondary N) is 1. The molecule has 1 aromatic carbocycles. The smallest absolute Gasteiger partial charge is 0.222 e. The topological polar surface area (TPSA) is 73.1 Å². The molecule has 3 N–H and O–H groups in total. The van der Waals surface area contributed by atoms with Crippen molar-refractivity contribution in [3.05, 3.63) is 24.3 Å². The first-order valence-electron chi connectivity index (χ1n) is 5.81. The van der Waals surface area contributed by atoms with Crippen molar-refractivity contribution in [1.29, 1.82) is 0 Å². The van der Waals surface area contributed by atoms with Crippen molar-refractivity contribution in [2.45, 2.75) is 19.4 Å². The van der Waals surface area contributed by atoms with E-state index in [1.54, 1.807) is 7.11 Å². The van der Waals surface area contributed by atoms with Gasteiger partial charge in [0.25, 0.3) is 0 Å². The average molecular weight is 246 g/mol. The molecular formula is C13H18N4O. The Balaban J connectivity index is 2.44. The van der Waals surface area contributed by atoms with E-state index in [1.165, 1.54) is 0 Å². The zero-order valence-corrected chi connectivity index (χ0v) is 10.9. The van der Waals surface area contributed by atoms with Gasteiger partial charge in [-0.3, -0.25) is 0 Å². The lowest BCUT2D eigenvalue weighted by Gasteiger charge is -2.26. The summed E-state index contributed by atoms with van der Waals surface area (Å²) in [4.78, 5) is 8.48. The highest BCUT2D eigenvalue weighted by molar-refractivity contribution is 5.90. The lowest BCUT2D eigenvalue weighted by Crippen LogP contribution is -2.36. The van der Waals surface area contributed by atoms with Gasteiger partial charge in [-0.15, -0.1) is 0 Å². The lowest BCUT2D eigenvalue weighted by molar-refractivity contribution is 0.158. The number of ether oxygens (including phenoxy) is 1. The van der Waals surface area contributed by atoms with Gasteiger partial charge in [-0.1, -0.05) is 12.1 Å².